The van der Waals surface area contributed by atoms with Crippen molar-refractivity contribution in [2.75, 3.05) is 0 Å². The van der Waals surface area contributed by atoms with E-state index in [2.05, 4.69) is 29.0 Å². The molecule has 0 aromatic carbocycles. The summed E-state index contributed by atoms with van der Waals surface area (Å²) in [5, 5.41) is 3.53. The fourth-order valence-corrected chi connectivity index (χ4v) is 0.351. The number of hydrogen-bond donors (Lipinski definition) is 2. The van der Waals surface area contributed by atoms with E-state index in [4.69, 9.17) is 0 Å². The van der Waals surface area contributed by atoms with E-state index in [-0.39, 0.29) is 0 Å². The lowest BCUT2D eigenvalue weighted by Gasteiger charge is -2.02. The third-order valence-corrected chi connectivity index (χ3v) is 0.702. The molecule has 5 heteroatoms. The molecule has 0 aliphatic carbocycles. The molecule has 1 heterocycles. The van der Waals surface area contributed by atoms with E-state index in [9.17, 15) is 0 Å². The van der Waals surface area contributed by atoms with Crippen LogP contribution in [0.15, 0.2) is 17.6 Å². The van der Waals surface area contributed by atoms with Crippen molar-refractivity contribution >= 4 is 12.8 Å². The Morgan fingerprint density at radius 3 is 2.86 bits per heavy atom. The van der Waals surface area contributed by atoms with Crippen LogP contribution in [0.5, 0.6) is 0 Å². The fraction of sp³-hybridized carbons (Fsp3) is 0. The second-order valence-corrected chi connectivity index (χ2v) is 1.35. The van der Waals surface area contributed by atoms with Crippen molar-refractivity contribution in [1.29, 1.82) is 0 Å². The summed E-state index contributed by atoms with van der Waals surface area (Å²) in [5.41, 5.74) is 5.05. The van der Waals surface area contributed by atoms with Crippen LogP contribution in [0.4, 0.5) is 0 Å². The normalized spacial score (nSPS) is 16.9. The standard InChI is InChI=1S/C2H4N4S/c7-6-2-1-3-4-5-6/h1-4H. The highest BCUT2D eigenvalue weighted by atomic mass is 32.1. The van der Waals surface area contributed by atoms with Crippen LogP contribution in [0.1, 0.15) is 0 Å². The van der Waals surface area contributed by atoms with E-state index in [1.807, 2.05) is 0 Å². The summed E-state index contributed by atoms with van der Waals surface area (Å²) < 4.78 is 1.25. The Balaban J connectivity index is 2.58. The quantitative estimate of drug-likeness (QED) is 0.328. The van der Waals surface area contributed by atoms with Gasteiger partial charge in [0.1, 0.15) is 6.20 Å². The van der Waals surface area contributed by atoms with Crippen LogP contribution < -0.4 is 11.0 Å². The van der Waals surface area contributed by atoms with Crippen LogP contribution in [-0.2, 0) is 12.8 Å². The minimum absolute atomic E-state index is 1.25. The van der Waals surface area contributed by atoms with Gasteiger partial charge in [0.05, 0.1) is 11.4 Å². The summed E-state index contributed by atoms with van der Waals surface area (Å²) in [5.74, 6) is 0. The largest absolute Gasteiger partial charge is 0.527 e. The highest BCUT2D eigenvalue weighted by Crippen LogP contribution is 1.75. The average molecular weight is 116 g/mol. The molecule has 7 heavy (non-hydrogen) atoms. The second kappa shape index (κ2) is 1.74. The van der Waals surface area contributed by atoms with Gasteiger partial charge < -0.3 is 12.8 Å². The number of rotatable bonds is 0. The molecule has 0 aromatic heterocycles. The Labute approximate surface area is 46.4 Å². The van der Waals surface area contributed by atoms with Crippen molar-refractivity contribution in [3.8, 4) is 0 Å². The lowest BCUT2D eigenvalue weighted by atomic mass is 10.9. The van der Waals surface area contributed by atoms with Gasteiger partial charge in [-0.1, -0.05) is 5.53 Å². The van der Waals surface area contributed by atoms with Crippen LogP contribution in [-0.4, -0.2) is 4.10 Å². The summed E-state index contributed by atoms with van der Waals surface area (Å²) in [6.07, 6.45) is 3.27. The zero-order valence-electron chi connectivity index (χ0n) is 3.46. The minimum Gasteiger partial charge on any atom is -0.527 e. The average Bonchev–Trinajstić information content (AvgIpc) is 1.69. The van der Waals surface area contributed by atoms with Crippen molar-refractivity contribution in [3.05, 3.63) is 12.4 Å². The Morgan fingerprint density at radius 2 is 2.57 bits per heavy atom. The molecule has 0 aromatic rings. The van der Waals surface area contributed by atoms with Crippen molar-refractivity contribution in [2.45, 2.75) is 0 Å². The number of nitrogens with zero attached hydrogens (tertiary/aromatic N) is 2. The molecule has 0 spiro atoms. The van der Waals surface area contributed by atoms with Gasteiger partial charge in [0.25, 0.3) is 0 Å². The van der Waals surface area contributed by atoms with Gasteiger partial charge in [0.15, 0.2) is 0 Å². The summed E-state index contributed by atoms with van der Waals surface area (Å²) in [6, 6.07) is 0. The van der Waals surface area contributed by atoms with Crippen LogP contribution in [0, 0.1) is 0 Å². The van der Waals surface area contributed by atoms with Gasteiger partial charge in [-0.05, 0) is 0 Å². The first kappa shape index (κ1) is 4.32. The molecule has 0 saturated carbocycles. The first-order valence-corrected chi connectivity index (χ1v) is 2.10. The smallest absolute Gasteiger partial charge is 0.113 e. The van der Waals surface area contributed by atoms with Gasteiger partial charge in [-0.2, -0.15) is 0 Å². The topological polar surface area (TPSA) is 39.4 Å². The molecule has 1 aliphatic rings. The number of hydrogen-bond acceptors (Lipinski definition) is 4. The maximum atomic E-state index is 4.57. The summed E-state index contributed by atoms with van der Waals surface area (Å²) in [6.45, 7) is 0. The Kier molecular flexibility index (Phi) is 1.08. The first-order valence-electron chi connectivity index (χ1n) is 1.74. The van der Waals surface area contributed by atoms with Crippen LogP contribution >= 0.6 is 0 Å². The van der Waals surface area contributed by atoms with E-state index in [0.29, 0.717) is 0 Å². The number of hydrazine groups is 1. The van der Waals surface area contributed by atoms with Gasteiger partial charge >= 0.3 is 0 Å². The molecule has 1 rings (SSSR count). The predicted molar refractivity (Wildman–Crippen MR) is 25.5 cm³/mol. The van der Waals surface area contributed by atoms with Gasteiger partial charge in [-0.3, -0.25) is 0 Å². The molecule has 0 fully saturated rings. The molecule has 0 radical (unpaired) electrons. The third-order valence-electron chi connectivity index (χ3n) is 0.499. The zero-order chi connectivity index (χ0) is 5.11. The van der Waals surface area contributed by atoms with E-state index in [0.717, 1.165) is 0 Å². The SMILES string of the molecule is [S-][N+]1=NNNC=C1. The van der Waals surface area contributed by atoms with Gasteiger partial charge in [-0.25, -0.2) is 9.53 Å². The molecule has 0 unspecified atom stereocenters. The summed E-state index contributed by atoms with van der Waals surface area (Å²) in [7, 11) is 0. The lowest BCUT2D eigenvalue weighted by molar-refractivity contribution is -0.360. The van der Waals surface area contributed by atoms with Gasteiger partial charge in [0.2, 0.25) is 0 Å². The van der Waals surface area contributed by atoms with E-state index in [1.54, 1.807) is 12.4 Å². The maximum Gasteiger partial charge on any atom is 0.113 e. The Hall–Kier alpha value is -0.840. The highest BCUT2D eigenvalue weighted by molar-refractivity contribution is 7.51. The molecular weight excluding hydrogens is 112 g/mol. The maximum absolute atomic E-state index is 4.57. The van der Waals surface area contributed by atoms with Crippen molar-refractivity contribution in [2.24, 2.45) is 5.22 Å². The van der Waals surface area contributed by atoms with Crippen molar-refractivity contribution < 1.29 is 4.10 Å². The van der Waals surface area contributed by atoms with Gasteiger partial charge in [0, 0.05) is 0 Å². The molecule has 4 nitrogen and oxygen atoms in total. The van der Waals surface area contributed by atoms with Crippen molar-refractivity contribution in [1.82, 2.24) is 11.0 Å². The molecule has 1 aliphatic heterocycles. The fourth-order valence-electron chi connectivity index (χ4n) is 0.250. The number of nitrogens with one attached hydrogen (secondary N) is 2. The van der Waals surface area contributed by atoms with Crippen LogP contribution in [0.25, 0.3) is 0 Å². The molecule has 2 N–H and O–H groups in total. The van der Waals surface area contributed by atoms with E-state index >= 15 is 0 Å². The Bertz CT molecular complexity index is 117. The lowest BCUT2D eigenvalue weighted by Crippen LogP contribution is -2.25. The minimum atomic E-state index is 1.25. The second-order valence-electron chi connectivity index (χ2n) is 0.974. The molecule has 0 amide bonds. The highest BCUT2D eigenvalue weighted by Gasteiger charge is 1.84. The zero-order valence-corrected chi connectivity index (χ0v) is 4.27. The molecule has 0 saturated heterocycles. The van der Waals surface area contributed by atoms with Gasteiger partial charge in [-0.15, -0.1) is 0 Å². The molecule has 38 valence electrons. The monoisotopic (exact) mass is 116 g/mol. The third kappa shape index (κ3) is 1.01. The predicted octanol–water partition coefficient (Wildman–Crippen LogP) is -0.593. The molecular formula is C2H4N4S. The Morgan fingerprint density at radius 1 is 1.71 bits per heavy atom. The molecule has 0 atom stereocenters. The van der Waals surface area contributed by atoms with Crippen LogP contribution in [0.3, 0.4) is 0 Å². The summed E-state index contributed by atoms with van der Waals surface area (Å²) in [4.78, 5) is 0. The first-order chi connectivity index (χ1) is 3.39. The molecule has 0 bridgehead atoms. The van der Waals surface area contributed by atoms with Crippen LogP contribution in [0.2, 0.25) is 0 Å². The van der Waals surface area contributed by atoms with Crippen molar-refractivity contribution in [3.63, 3.8) is 0 Å². The summed E-state index contributed by atoms with van der Waals surface area (Å²) >= 11 is 4.57. The van der Waals surface area contributed by atoms with E-state index in [1.165, 1.54) is 4.10 Å². The van der Waals surface area contributed by atoms with E-state index < -0.39 is 0 Å².